The van der Waals surface area contributed by atoms with Crippen LogP contribution >= 0.6 is 34.2 Å². The van der Waals surface area contributed by atoms with Gasteiger partial charge in [-0.3, -0.25) is 4.79 Å². The fourth-order valence-corrected chi connectivity index (χ4v) is 1.90. The zero-order chi connectivity index (χ0) is 13.1. The maximum absolute atomic E-state index is 12.0. The van der Waals surface area contributed by atoms with Crippen molar-refractivity contribution in [1.29, 1.82) is 0 Å². The van der Waals surface area contributed by atoms with E-state index in [9.17, 15) is 4.79 Å². The molecule has 0 aliphatic rings. The third-order valence-electron chi connectivity index (χ3n) is 2.36. The van der Waals surface area contributed by atoms with Crippen LogP contribution < -0.4 is 11.1 Å². The minimum atomic E-state index is -0.209. The Morgan fingerprint density at radius 3 is 2.44 bits per heavy atom. The number of nitrogens with two attached hydrogens (primary N) is 1. The van der Waals surface area contributed by atoms with Gasteiger partial charge < -0.3 is 11.1 Å². The molecule has 92 valence electrons. The molecule has 0 saturated heterocycles. The van der Waals surface area contributed by atoms with Crippen molar-refractivity contribution in [3.8, 4) is 0 Å². The van der Waals surface area contributed by atoms with E-state index in [1.807, 2.05) is 24.3 Å². The third-order valence-corrected chi connectivity index (χ3v) is 3.42. The van der Waals surface area contributed by atoms with Gasteiger partial charge in [0.2, 0.25) is 0 Å². The highest BCUT2D eigenvalue weighted by atomic mass is 127. The van der Waals surface area contributed by atoms with E-state index < -0.39 is 0 Å². The molecule has 0 bridgehead atoms. The van der Waals surface area contributed by atoms with Crippen LogP contribution in [0.2, 0.25) is 5.02 Å². The van der Waals surface area contributed by atoms with Crippen LogP contribution in [0.5, 0.6) is 0 Å². The van der Waals surface area contributed by atoms with E-state index in [2.05, 4.69) is 27.9 Å². The number of halogens is 2. The van der Waals surface area contributed by atoms with Gasteiger partial charge in [-0.05, 0) is 65.1 Å². The zero-order valence-electron chi connectivity index (χ0n) is 9.28. The van der Waals surface area contributed by atoms with Crippen molar-refractivity contribution in [2.45, 2.75) is 0 Å². The van der Waals surface area contributed by atoms with Gasteiger partial charge in [-0.25, -0.2) is 0 Å². The number of nitrogen functional groups attached to an aromatic ring is 1. The van der Waals surface area contributed by atoms with Gasteiger partial charge in [-0.15, -0.1) is 0 Å². The standard InChI is InChI=1S/C13H10ClIN2O/c14-11-6-1-8(7-12(11)16)13(18)17-10-4-2-9(15)3-5-10/h1-7H,16H2,(H,17,18). The average molecular weight is 373 g/mol. The number of hydrogen-bond acceptors (Lipinski definition) is 2. The van der Waals surface area contributed by atoms with Gasteiger partial charge in [0, 0.05) is 14.8 Å². The van der Waals surface area contributed by atoms with Gasteiger partial charge in [-0.2, -0.15) is 0 Å². The Labute approximate surface area is 123 Å². The van der Waals surface area contributed by atoms with E-state index in [-0.39, 0.29) is 5.91 Å². The molecule has 0 fully saturated rings. The molecule has 2 aromatic carbocycles. The monoisotopic (exact) mass is 372 g/mol. The van der Waals surface area contributed by atoms with Crippen molar-refractivity contribution >= 4 is 51.5 Å². The molecule has 0 radical (unpaired) electrons. The molecule has 0 aromatic heterocycles. The van der Waals surface area contributed by atoms with Crippen LogP contribution in [0.4, 0.5) is 11.4 Å². The maximum atomic E-state index is 12.0. The Bertz CT molecular complexity index is 584. The molecule has 5 heteroatoms. The summed E-state index contributed by atoms with van der Waals surface area (Å²) in [6.07, 6.45) is 0. The summed E-state index contributed by atoms with van der Waals surface area (Å²) in [4.78, 5) is 12.0. The van der Waals surface area contributed by atoms with E-state index in [0.29, 0.717) is 16.3 Å². The van der Waals surface area contributed by atoms with E-state index in [0.717, 1.165) is 9.26 Å². The second-order valence-corrected chi connectivity index (χ2v) is 5.35. The third kappa shape index (κ3) is 3.14. The molecule has 0 saturated carbocycles. The van der Waals surface area contributed by atoms with Gasteiger partial charge in [0.15, 0.2) is 0 Å². The van der Waals surface area contributed by atoms with Crippen LogP contribution in [-0.2, 0) is 0 Å². The van der Waals surface area contributed by atoms with Crippen molar-refractivity contribution in [3.05, 3.63) is 56.6 Å². The summed E-state index contributed by atoms with van der Waals surface area (Å²) in [6, 6.07) is 12.3. The SMILES string of the molecule is Nc1cc(C(=O)Nc2ccc(I)cc2)ccc1Cl. The number of carbonyl (C=O) groups excluding carboxylic acids is 1. The van der Waals surface area contributed by atoms with Crippen molar-refractivity contribution in [2.24, 2.45) is 0 Å². The Hall–Kier alpha value is -1.27. The first-order valence-electron chi connectivity index (χ1n) is 5.18. The van der Waals surface area contributed by atoms with E-state index in [4.69, 9.17) is 17.3 Å². The second-order valence-electron chi connectivity index (χ2n) is 3.70. The first-order chi connectivity index (χ1) is 8.56. The lowest BCUT2D eigenvalue weighted by Gasteiger charge is -2.06. The first kappa shape index (κ1) is 13.2. The lowest BCUT2D eigenvalue weighted by atomic mass is 10.2. The molecular formula is C13H10ClIN2O. The number of benzene rings is 2. The topological polar surface area (TPSA) is 55.1 Å². The highest BCUT2D eigenvalue weighted by Crippen LogP contribution is 2.20. The van der Waals surface area contributed by atoms with Gasteiger partial charge in [-0.1, -0.05) is 11.6 Å². The van der Waals surface area contributed by atoms with Crippen LogP contribution in [0.3, 0.4) is 0 Å². The minimum Gasteiger partial charge on any atom is -0.398 e. The van der Waals surface area contributed by atoms with Crippen LogP contribution in [-0.4, -0.2) is 5.91 Å². The Kier molecular flexibility index (Phi) is 4.08. The summed E-state index contributed by atoms with van der Waals surface area (Å²) >= 11 is 8.01. The number of nitrogens with one attached hydrogen (secondary N) is 1. The van der Waals surface area contributed by atoms with Crippen molar-refractivity contribution < 1.29 is 4.79 Å². The number of carbonyl (C=O) groups is 1. The summed E-state index contributed by atoms with van der Waals surface area (Å²) in [6.45, 7) is 0. The molecule has 0 aliphatic carbocycles. The molecule has 0 atom stereocenters. The Morgan fingerprint density at radius 1 is 1.17 bits per heavy atom. The average Bonchev–Trinajstić information content (AvgIpc) is 2.35. The van der Waals surface area contributed by atoms with Crippen LogP contribution in [0.25, 0.3) is 0 Å². The summed E-state index contributed by atoms with van der Waals surface area (Å²) in [5.41, 5.74) is 7.28. The Morgan fingerprint density at radius 2 is 1.83 bits per heavy atom. The summed E-state index contributed by atoms with van der Waals surface area (Å²) < 4.78 is 1.11. The fraction of sp³-hybridized carbons (Fsp3) is 0. The normalized spacial score (nSPS) is 10.1. The van der Waals surface area contributed by atoms with Gasteiger partial charge in [0.1, 0.15) is 0 Å². The van der Waals surface area contributed by atoms with Gasteiger partial charge in [0.05, 0.1) is 10.7 Å². The quantitative estimate of drug-likeness (QED) is 0.623. The van der Waals surface area contributed by atoms with Gasteiger partial charge in [0.25, 0.3) is 5.91 Å². The highest BCUT2D eigenvalue weighted by molar-refractivity contribution is 14.1. The molecule has 18 heavy (non-hydrogen) atoms. The largest absolute Gasteiger partial charge is 0.398 e. The number of anilines is 2. The smallest absolute Gasteiger partial charge is 0.255 e. The van der Waals surface area contributed by atoms with Crippen LogP contribution in [0.15, 0.2) is 42.5 Å². The molecule has 0 heterocycles. The molecule has 0 unspecified atom stereocenters. The summed E-state index contributed by atoms with van der Waals surface area (Å²) in [5.74, 6) is -0.209. The molecule has 0 aliphatic heterocycles. The van der Waals surface area contributed by atoms with Crippen molar-refractivity contribution in [2.75, 3.05) is 11.1 Å². The molecule has 0 spiro atoms. The minimum absolute atomic E-state index is 0.209. The van der Waals surface area contributed by atoms with Crippen molar-refractivity contribution in [3.63, 3.8) is 0 Å². The Balaban J connectivity index is 2.16. The maximum Gasteiger partial charge on any atom is 0.255 e. The molecule has 2 aromatic rings. The zero-order valence-corrected chi connectivity index (χ0v) is 12.2. The molecule has 3 N–H and O–H groups in total. The molecular weight excluding hydrogens is 363 g/mol. The number of amides is 1. The van der Waals surface area contributed by atoms with Crippen LogP contribution in [0.1, 0.15) is 10.4 Å². The molecule has 1 amide bonds. The molecule has 2 rings (SSSR count). The fourth-order valence-electron chi connectivity index (χ4n) is 1.42. The predicted octanol–water partition coefficient (Wildman–Crippen LogP) is 3.78. The first-order valence-corrected chi connectivity index (χ1v) is 6.64. The van der Waals surface area contributed by atoms with E-state index in [1.165, 1.54) is 0 Å². The van der Waals surface area contributed by atoms with Crippen molar-refractivity contribution in [1.82, 2.24) is 0 Å². The second kappa shape index (κ2) is 5.58. The summed E-state index contributed by atoms with van der Waals surface area (Å²) in [5, 5.41) is 3.24. The highest BCUT2D eigenvalue weighted by Gasteiger charge is 2.07. The number of hydrogen-bond donors (Lipinski definition) is 2. The lowest BCUT2D eigenvalue weighted by molar-refractivity contribution is 0.102. The van der Waals surface area contributed by atoms with Gasteiger partial charge >= 0.3 is 0 Å². The predicted molar refractivity (Wildman–Crippen MR) is 83.0 cm³/mol. The number of rotatable bonds is 2. The van der Waals surface area contributed by atoms with Crippen LogP contribution in [0, 0.1) is 3.57 Å². The van der Waals surface area contributed by atoms with E-state index in [1.54, 1.807) is 18.2 Å². The molecule has 3 nitrogen and oxygen atoms in total. The van der Waals surface area contributed by atoms with E-state index >= 15 is 0 Å². The summed E-state index contributed by atoms with van der Waals surface area (Å²) in [7, 11) is 0. The lowest BCUT2D eigenvalue weighted by Crippen LogP contribution is -2.12.